The fraction of sp³-hybridized carbons (Fsp3) is 0.545. The number of esters is 1. The zero-order chi connectivity index (χ0) is 21.4. The third-order valence-corrected chi connectivity index (χ3v) is 8.30. The van der Waals surface area contributed by atoms with E-state index in [4.69, 9.17) is 4.74 Å². The Morgan fingerprint density at radius 1 is 1.10 bits per heavy atom. The van der Waals surface area contributed by atoms with E-state index >= 15 is 0 Å². The van der Waals surface area contributed by atoms with E-state index in [9.17, 15) is 14.4 Å². The largest absolute Gasteiger partial charge is 0.455 e. The highest BCUT2D eigenvalue weighted by Gasteiger charge is 2.51. The number of aromatic nitrogens is 1. The predicted molar refractivity (Wildman–Crippen MR) is 118 cm³/mol. The average Bonchev–Trinajstić information content (AvgIpc) is 3.36. The van der Waals surface area contributed by atoms with E-state index in [0.29, 0.717) is 23.4 Å². The number of nitrogens with zero attached hydrogens (tertiary/aromatic N) is 1. The molecule has 4 fully saturated rings. The number of rotatable bonds is 6. The Bertz CT molecular complexity index is 950. The lowest BCUT2D eigenvalue weighted by molar-refractivity contribution is -0.147. The summed E-state index contributed by atoms with van der Waals surface area (Å²) >= 11 is 3.05. The fourth-order valence-electron chi connectivity index (χ4n) is 5.95. The lowest BCUT2D eigenvalue weighted by Gasteiger charge is -2.56. The molecule has 2 aromatic rings. The van der Waals surface area contributed by atoms with Crippen molar-refractivity contribution >= 4 is 40.6 Å². The Morgan fingerprint density at radius 3 is 2.45 bits per heavy atom. The summed E-state index contributed by atoms with van der Waals surface area (Å²) in [6, 6.07) is 1.49. The molecule has 9 heteroatoms. The van der Waals surface area contributed by atoms with Crippen molar-refractivity contribution in [1.29, 1.82) is 0 Å². The molecule has 164 valence electrons. The molecule has 31 heavy (non-hydrogen) atoms. The minimum Gasteiger partial charge on any atom is -0.455 e. The molecule has 0 saturated heterocycles. The summed E-state index contributed by atoms with van der Waals surface area (Å²) in [5.74, 6) is 0.948. The highest BCUT2D eigenvalue weighted by molar-refractivity contribution is 7.14. The van der Waals surface area contributed by atoms with Crippen LogP contribution in [0.25, 0.3) is 10.6 Å². The summed E-state index contributed by atoms with van der Waals surface area (Å²) < 4.78 is 5.04. The van der Waals surface area contributed by atoms with Crippen LogP contribution >= 0.6 is 22.7 Å². The Balaban J connectivity index is 1.06. The van der Waals surface area contributed by atoms with Gasteiger partial charge in [0.1, 0.15) is 5.01 Å². The number of carbonyl (C=O) groups is 3. The Hall–Kier alpha value is -2.26. The predicted octanol–water partition coefficient (Wildman–Crippen LogP) is 3.75. The zero-order valence-corrected chi connectivity index (χ0v) is 18.7. The first-order valence-electron chi connectivity index (χ1n) is 10.7. The number of thiophene rings is 1. The van der Waals surface area contributed by atoms with Crippen molar-refractivity contribution in [2.75, 3.05) is 6.61 Å². The number of amides is 3. The van der Waals surface area contributed by atoms with E-state index < -0.39 is 24.5 Å². The van der Waals surface area contributed by atoms with Gasteiger partial charge in [-0.2, -0.15) is 11.3 Å². The van der Waals surface area contributed by atoms with Crippen LogP contribution in [0.1, 0.15) is 44.2 Å². The normalized spacial score (nSPS) is 28.3. The maximum absolute atomic E-state index is 12.4. The molecule has 6 rings (SSSR count). The number of ether oxygens (including phenoxy) is 1. The lowest BCUT2D eigenvalue weighted by atomic mass is 9.53. The van der Waals surface area contributed by atoms with Crippen LogP contribution < -0.4 is 10.6 Å². The van der Waals surface area contributed by atoms with Gasteiger partial charge in [0.25, 0.3) is 5.91 Å². The molecule has 0 aromatic carbocycles. The van der Waals surface area contributed by atoms with Gasteiger partial charge in [0.05, 0.1) is 12.1 Å². The molecule has 0 atom stereocenters. The summed E-state index contributed by atoms with van der Waals surface area (Å²) in [4.78, 5) is 41.0. The summed E-state index contributed by atoms with van der Waals surface area (Å²) in [6.45, 7) is -0.478. The quantitative estimate of drug-likeness (QED) is 0.641. The maximum atomic E-state index is 12.4. The molecule has 0 spiro atoms. The van der Waals surface area contributed by atoms with Crippen molar-refractivity contribution in [1.82, 2.24) is 15.6 Å². The van der Waals surface area contributed by atoms with E-state index in [1.807, 2.05) is 22.2 Å². The molecule has 2 heterocycles. The van der Waals surface area contributed by atoms with Crippen molar-refractivity contribution in [2.45, 2.75) is 50.5 Å². The Labute approximate surface area is 188 Å². The van der Waals surface area contributed by atoms with Gasteiger partial charge in [-0.05, 0) is 67.7 Å². The molecule has 7 nitrogen and oxygen atoms in total. The number of thiazole rings is 1. The maximum Gasteiger partial charge on any atom is 0.321 e. The van der Waals surface area contributed by atoms with Crippen LogP contribution in [0.3, 0.4) is 0 Å². The number of hydrogen-bond donors (Lipinski definition) is 2. The van der Waals surface area contributed by atoms with E-state index in [2.05, 4.69) is 15.6 Å². The summed E-state index contributed by atoms with van der Waals surface area (Å²) in [5, 5.41) is 12.0. The van der Waals surface area contributed by atoms with Gasteiger partial charge >= 0.3 is 12.0 Å². The second kappa shape index (κ2) is 8.35. The van der Waals surface area contributed by atoms with Gasteiger partial charge in [-0.1, -0.05) is 0 Å². The van der Waals surface area contributed by atoms with E-state index in [-0.39, 0.29) is 12.0 Å². The molecule has 0 unspecified atom stereocenters. The van der Waals surface area contributed by atoms with Gasteiger partial charge in [-0.3, -0.25) is 14.9 Å². The van der Waals surface area contributed by atoms with Gasteiger partial charge in [0.15, 0.2) is 6.61 Å². The van der Waals surface area contributed by atoms with Gasteiger partial charge < -0.3 is 10.1 Å². The van der Waals surface area contributed by atoms with E-state index in [0.717, 1.165) is 29.8 Å². The lowest BCUT2D eigenvalue weighted by Crippen LogP contribution is -2.62. The van der Waals surface area contributed by atoms with Crippen LogP contribution in [0.15, 0.2) is 22.2 Å². The van der Waals surface area contributed by atoms with Gasteiger partial charge in [-0.25, -0.2) is 9.78 Å². The Kier molecular flexibility index (Phi) is 5.56. The van der Waals surface area contributed by atoms with Crippen LogP contribution in [0.4, 0.5) is 4.79 Å². The highest BCUT2D eigenvalue weighted by Crippen LogP contribution is 2.55. The SMILES string of the molecule is O=C(COC(=O)Cc1csc(-c2ccsc2)n1)NC(=O)NC12CC3CC(CC(C3)C1)C2. The molecule has 4 saturated carbocycles. The fourth-order valence-corrected chi connectivity index (χ4v) is 7.48. The number of nitrogens with one attached hydrogen (secondary N) is 2. The molecule has 4 bridgehead atoms. The summed E-state index contributed by atoms with van der Waals surface area (Å²) in [7, 11) is 0. The van der Waals surface area contributed by atoms with Crippen LogP contribution in [-0.4, -0.2) is 35.0 Å². The number of hydrogen-bond acceptors (Lipinski definition) is 7. The van der Waals surface area contributed by atoms with Crippen LogP contribution in [-0.2, 0) is 20.7 Å². The van der Waals surface area contributed by atoms with Crippen molar-refractivity contribution in [3.8, 4) is 10.6 Å². The highest BCUT2D eigenvalue weighted by atomic mass is 32.1. The first-order valence-corrected chi connectivity index (χ1v) is 12.5. The van der Waals surface area contributed by atoms with E-state index in [1.165, 1.54) is 30.6 Å². The topological polar surface area (TPSA) is 97.4 Å². The summed E-state index contributed by atoms with van der Waals surface area (Å²) in [6.07, 6.45) is 6.87. The van der Waals surface area contributed by atoms with E-state index in [1.54, 1.807) is 11.3 Å². The zero-order valence-electron chi connectivity index (χ0n) is 17.1. The third kappa shape index (κ3) is 4.67. The molecular formula is C22H25N3O4S2. The van der Waals surface area contributed by atoms with Crippen LogP contribution in [0, 0.1) is 17.8 Å². The molecule has 2 aromatic heterocycles. The molecule has 4 aliphatic rings. The molecular weight excluding hydrogens is 434 g/mol. The molecule has 0 aliphatic heterocycles. The van der Waals surface area contributed by atoms with Crippen molar-refractivity contribution in [3.05, 3.63) is 27.9 Å². The molecule has 3 amide bonds. The number of carbonyl (C=O) groups excluding carboxylic acids is 3. The van der Waals surface area contributed by atoms with Gasteiger partial charge in [0.2, 0.25) is 0 Å². The van der Waals surface area contributed by atoms with Crippen LogP contribution in [0.5, 0.6) is 0 Å². The summed E-state index contributed by atoms with van der Waals surface area (Å²) in [5.41, 5.74) is 1.47. The first kappa shape index (κ1) is 20.6. The minimum absolute atomic E-state index is 0.00656. The minimum atomic E-state index is -0.618. The monoisotopic (exact) mass is 459 g/mol. The number of urea groups is 1. The molecule has 0 radical (unpaired) electrons. The third-order valence-electron chi connectivity index (χ3n) is 6.68. The molecule has 2 N–H and O–H groups in total. The average molecular weight is 460 g/mol. The smallest absolute Gasteiger partial charge is 0.321 e. The van der Waals surface area contributed by atoms with Crippen molar-refractivity contribution < 1.29 is 19.1 Å². The second-order valence-electron chi connectivity index (χ2n) is 9.19. The second-order valence-corrected chi connectivity index (χ2v) is 10.8. The first-order chi connectivity index (χ1) is 15.0. The van der Waals surface area contributed by atoms with Crippen molar-refractivity contribution in [2.24, 2.45) is 17.8 Å². The molecule has 4 aliphatic carbocycles. The van der Waals surface area contributed by atoms with Crippen LogP contribution in [0.2, 0.25) is 0 Å². The Morgan fingerprint density at radius 2 is 1.81 bits per heavy atom. The van der Waals surface area contributed by atoms with Gasteiger partial charge in [-0.15, -0.1) is 11.3 Å². The standard InChI is InChI=1S/C22H25N3O4S2/c26-18(10-29-19(27)6-17-12-31-20(23-17)16-1-2-30-11-16)24-21(28)25-22-7-13-3-14(8-22)5-15(4-13)9-22/h1-2,11-15H,3-10H2,(H2,24,25,26,28). The number of imide groups is 1. The van der Waals surface area contributed by atoms with Gasteiger partial charge in [0, 0.05) is 21.9 Å². The van der Waals surface area contributed by atoms with Crippen molar-refractivity contribution in [3.63, 3.8) is 0 Å².